The third-order valence-corrected chi connectivity index (χ3v) is 6.41. The molecule has 19 heavy (non-hydrogen) atoms. The maximum atomic E-state index is 5.87. The fourth-order valence-electron chi connectivity index (χ4n) is 2.73. The zero-order chi connectivity index (χ0) is 13.8. The van der Waals surface area contributed by atoms with Crippen molar-refractivity contribution in [2.24, 2.45) is 0 Å². The standard InChI is InChI=1S/C17H34OS/c1-3-5-6-7-8-9-10-11-16-19(15-4-2)17-13-12-14-18-17/h15,17H,3-14,16H2,1-2H3. The van der Waals surface area contributed by atoms with E-state index in [-0.39, 0.29) is 0 Å². The van der Waals surface area contributed by atoms with Gasteiger partial charge in [-0.15, -0.1) is 0 Å². The Morgan fingerprint density at radius 3 is 2.26 bits per heavy atom. The summed E-state index contributed by atoms with van der Waals surface area (Å²) >= 11 is 0. The van der Waals surface area contributed by atoms with Gasteiger partial charge in [-0.2, -0.15) is 10.5 Å². The first kappa shape index (κ1) is 17.2. The summed E-state index contributed by atoms with van der Waals surface area (Å²) in [6.07, 6.45) is 15.2. The Morgan fingerprint density at radius 1 is 1.00 bits per heavy atom. The molecule has 0 aromatic heterocycles. The van der Waals surface area contributed by atoms with Crippen LogP contribution in [0.5, 0.6) is 0 Å². The van der Waals surface area contributed by atoms with Gasteiger partial charge in [0, 0.05) is 6.61 Å². The van der Waals surface area contributed by atoms with Gasteiger partial charge in [0.2, 0.25) is 0 Å². The summed E-state index contributed by atoms with van der Waals surface area (Å²) in [7, 11) is 0.443. The molecule has 2 heteroatoms. The highest BCUT2D eigenvalue weighted by Crippen LogP contribution is 2.31. The van der Waals surface area contributed by atoms with Crippen LogP contribution in [0.2, 0.25) is 0 Å². The topological polar surface area (TPSA) is 9.23 Å². The fraction of sp³-hybridized carbons (Fsp3) is 0.941. The Morgan fingerprint density at radius 2 is 1.68 bits per heavy atom. The SMILES string of the molecule is CCC=S(CCCCCCCCCC)C1CCCO1. The van der Waals surface area contributed by atoms with E-state index in [0.717, 1.165) is 6.61 Å². The lowest BCUT2D eigenvalue weighted by Gasteiger charge is -2.16. The summed E-state index contributed by atoms with van der Waals surface area (Å²) < 4.78 is 5.87. The Kier molecular flexibility index (Phi) is 10.8. The second-order valence-electron chi connectivity index (χ2n) is 5.67. The number of rotatable bonds is 11. The first-order chi connectivity index (χ1) is 9.38. The van der Waals surface area contributed by atoms with E-state index in [2.05, 4.69) is 19.2 Å². The fourth-order valence-corrected chi connectivity index (χ4v) is 5.08. The van der Waals surface area contributed by atoms with E-state index in [0.29, 0.717) is 15.9 Å². The maximum Gasteiger partial charge on any atom is 0.0979 e. The molecule has 1 heterocycles. The Bertz CT molecular complexity index is 231. The summed E-state index contributed by atoms with van der Waals surface area (Å²) in [5, 5.41) is 2.53. The molecule has 0 aromatic rings. The number of unbranched alkanes of at least 4 members (excludes halogenated alkanes) is 7. The van der Waals surface area contributed by atoms with Gasteiger partial charge in [0.15, 0.2) is 0 Å². The second-order valence-corrected chi connectivity index (χ2v) is 7.87. The van der Waals surface area contributed by atoms with Crippen molar-refractivity contribution in [3.63, 3.8) is 0 Å². The molecule has 0 aromatic carbocycles. The quantitative estimate of drug-likeness (QED) is 0.347. The Labute approximate surface area is 123 Å². The predicted molar refractivity (Wildman–Crippen MR) is 90.4 cm³/mol. The van der Waals surface area contributed by atoms with Gasteiger partial charge in [0.25, 0.3) is 0 Å². The van der Waals surface area contributed by atoms with Crippen molar-refractivity contribution in [2.45, 2.75) is 89.9 Å². The second kappa shape index (κ2) is 12.0. The van der Waals surface area contributed by atoms with Crippen LogP contribution < -0.4 is 0 Å². The van der Waals surface area contributed by atoms with Crippen molar-refractivity contribution < 1.29 is 4.74 Å². The Hall–Kier alpha value is 0.180. The molecule has 0 saturated carbocycles. The van der Waals surface area contributed by atoms with Gasteiger partial charge < -0.3 is 4.74 Å². The van der Waals surface area contributed by atoms with E-state index in [4.69, 9.17) is 4.74 Å². The average molecular weight is 287 g/mol. The Balaban J connectivity index is 2.03. The normalized spacial score (nSPS) is 21.1. The minimum Gasteiger partial charge on any atom is -0.368 e. The van der Waals surface area contributed by atoms with Crippen molar-refractivity contribution in [3.8, 4) is 0 Å². The van der Waals surface area contributed by atoms with E-state index < -0.39 is 0 Å². The molecular formula is C17H34OS. The van der Waals surface area contributed by atoms with Gasteiger partial charge >= 0.3 is 0 Å². The van der Waals surface area contributed by atoms with Crippen molar-refractivity contribution in [1.82, 2.24) is 0 Å². The summed E-state index contributed by atoms with van der Waals surface area (Å²) in [5.41, 5.74) is 0.574. The minimum absolute atomic E-state index is 0.443. The molecule has 0 radical (unpaired) electrons. The van der Waals surface area contributed by atoms with Gasteiger partial charge in [0.1, 0.15) is 0 Å². The van der Waals surface area contributed by atoms with Crippen molar-refractivity contribution in [3.05, 3.63) is 0 Å². The van der Waals surface area contributed by atoms with Gasteiger partial charge in [-0.25, -0.2) is 0 Å². The lowest BCUT2D eigenvalue weighted by atomic mass is 10.1. The van der Waals surface area contributed by atoms with E-state index in [1.54, 1.807) is 0 Å². The highest BCUT2D eigenvalue weighted by atomic mass is 32.2. The van der Waals surface area contributed by atoms with Crippen LogP contribution in [0, 0.1) is 0 Å². The lowest BCUT2D eigenvalue weighted by molar-refractivity contribution is 0.173. The maximum absolute atomic E-state index is 5.87. The van der Waals surface area contributed by atoms with Crippen molar-refractivity contribution in [1.29, 1.82) is 0 Å². The summed E-state index contributed by atoms with van der Waals surface area (Å²) in [6.45, 7) is 5.56. The van der Waals surface area contributed by atoms with Crippen LogP contribution in [0.1, 0.15) is 84.5 Å². The summed E-state index contributed by atoms with van der Waals surface area (Å²) in [5.74, 6) is 1.38. The zero-order valence-corrected chi connectivity index (χ0v) is 14.0. The van der Waals surface area contributed by atoms with Crippen LogP contribution in [0.25, 0.3) is 0 Å². The first-order valence-corrected chi connectivity index (χ1v) is 10.0. The molecule has 114 valence electrons. The molecule has 1 saturated heterocycles. The van der Waals surface area contributed by atoms with E-state index in [9.17, 15) is 0 Å². The van der Waals surface area contributed by atoms with Crippen LogP contribution in [0.15, 0.2) is 0 Å². The van der Waals surface area contributed by atoms with Gasteiger partial charge in [-0.1, -0.05) is 64.2 Å². The van der Waals surface area contributed by atoms with Crippen LogP contribution in [0.3, 0.4) is 0 Å². The van der Waals surface area contributed by atoms with Gasteiger partial charge in [0.05, 0.1) is 5.44 Å². The monoisotopic (exact) mass is 286 g/mol. The highest BCUT2D eigenvalue weighted by Gasteiger charge is 2.18. The van der Waals surface area contributed by atoms with Crippen molar-refractivity contribution in [2.75, 3.05) is 12.4 Å². The molecule has 1 fully saturated rings. The summed E-state index contributed by atoms with van der Waals surface area (Å²) in [6, 6.07) is 0. The van der Waals surface area contributed by atoms with E-state index >= 15 is 0 Å². The van der Waals surface area contributed by atoms with Crippen LogP contribution in [-0.2, 0) is 4.74 Å². The molecule has 1 rings (SSSR count). The first-order valence-electron chi connectivity index (χ1n) is 8.52. The largest absolute Gasteiger partial charge is 0.368 e. The minimum atomic E-state index is 0.443. The third-order valence-electron chi connectivity index (χ3n) is 3.84. The van der Waals surface area contributed by atoms with Crippen LogP contribution >= 0.6 is 10.5 Å². The van der Waals surface area contributed by atoms with E-state index in [1.165, 1.54) is 76.4 Å². The average Bonchev–Trinajstić information content (AvgIpc) is 2.94. The number of hydrogen-bond acceptors (Lipinski definition) is 1. The van der Waals surface area contributed by atoms with Crippen molar-refractivity contribution >= 4 is 15.9 Å². The number of hydrogen-bond donors (Lipinski definition) is 0. The molecule has 0 spiro atoms. The number of ether oxygens (including phenoxy) is 1. The smallest absolute Gasteiger partial charge is 0.0979 e. The highest BCUT2D eigenvalue weighted by molar-refractivity contribution is 8.15. The zero-order valence-electron chi connectivity index (χ0n) is 13.2. The molecular weight excluding hydrogens is 252 g/mol. The molecule has 0 aliphatic carbocycles. The molecule has 0 amide bonds. The third kappa shape index (κ3) is 8.14. The molecule has 0 N–H and O–H groups in total. The van der Waals surface area contributed by atoms with E-state index in [1.807, 2.05) is 0 Å². The van der Waals surface area contributed by atoms with Gasteiger partial charge in [-0.3, -0.25) is 0 Å². The molecule has 2 unspecified atom stereocenters. The predicted octanol–water partition coefficient (Wildman–Crippen LogP) is 5.74. The lowest BCUT2D eigenvalue weighted by Crippen LogP contribution is -2.05. The van der Waals surface area contributed by atoms with Gasteiger partial charge in [-0.05, 0) is 31.4 Å². The molecule has 1 nitrogen and oxygen atoms in total. The molecule has 1 aliphatic heterocycles. The van der Waals surface area contributed by atoms with Crippen LogP contribution in [0.4, 0.5) is 0 Å². The summed E-state index contributed by atoms with van der Waals surface area (Å²) in [4.78, 5) is 0. The molecule has 0 bridgehead atoms. The molecule has 1 aliphatic rings. The molecule has 2 atom stereocenters. The van der Waals surface area contributed by atoms with Crippen LogP contribution in [-0.4, -0.2) is 23.2 Å².